The van der Waals surface area contributed by atoms with Crippen LogP contribution in [0.2, 0.25) is 0 Å². The lowest BCUT2D eigenvalue weighted by Gasteiger charge is -2.23. The number of pyridine rings is 1. The van der Waals surface area contributed by atoms with Gasteiger partial charge < -0.3 is 10.6 Å². The topological polar surface area (TPSA) is 59.2 Å². The molecule has 1 amide bonds. The van der Waals surface area contributed by atoms with Crippen molar-refractivity contribution >= 4 is 11.6 Å². The van der Waals surface area contributed by atoms with Crippen LogP contribution < -0.4 is 5.73 Å². The van der Waals surface area contributed by atoms with Crippen LogP contribution in [0.5, 0.6) is 0 Å². The number of para-hydroxylation sites is 1. The smallest absolute Gasteiger partial charge is 0.254 e. The largest absolute Gasteiger partial charge is 0.398 e. The molecular formula is C17H19N3O. The van der Waals surface area contributed by atoms with Gasteiger partial charge >= 0.3 is 0 Å². The zero-order chi connectivity index (χ0) is 14.8. The number of rotatable bonds is 4. The molecule has 1 fully saturated rings. The second kappa shape index (κ2) is 5.56. The standard InChI is InChI=1S/C17H19N3O/c1-12-10-13(8-9-19-12)17(21)20(15-6-7-15)11-14-4-2-3-5-16(14)18/h2-5,8-10,15H,6-7,11,18H2,1H3. The molecule has 2 aromatic rings. The Morgan fingerprint density at radius 1 is 1.33 bits per heavy atom. The number of benzene rings is 1. The van der Waals surface area contributed by atoms with Gasteiger partial charge in [-0.25, -0.2) is 0 Å². The number of amides is 1. The summed E-state index contributed by atoms with van der Waals surface area (Å²) < 4.78 is 0. The fourth-order valence-electron chi connectivity index (χ4n) is 2.46. The first kappa shape index (κ1) is 13.6. The van der Waals surface area contributed by atoms with Gasteiger partial charge in [-0.2, -0.15) is 0 Å². The number of carbonyl (C=O) groups is 1. The van der Waals surface area contributed by atoms with E-state index in [9.17, 15) is 4.79 Å². The Kier molecular flexibility index (Phi) is 3.60. The molecular weight excluding hydrogens is 262 g/mol. The summed E-state index contributed by atoms with van der Waals surface area (Å²) in [6.07, 6.45) is 3.83. The molecule has 2 N–H and O–H groups in total. The van der Waals surface area contributed by atoms with Crippen molar-refractivity contribution in [1.82, 2.24) is 9.88 Å². The molecule has 0 spiro atoms. The van der Waals surface area contributed by atoms with Crippen molar-refractivity contribution in [3.8, 4) is 0 Å². The van der Waals surface area contributed by atoms with Gasteiger partial charge in [-0.3, -0.25) is 9.78 Å². The van der Waals surface area contributed by atoms with Crippen LogP contribution in [0.15, 0.2) is 42.6 Å². The van der Waals surface area contributed by atoms with Gasteiger partial charge in [-0.15, -0.1) is 0 Å². The Balaban J connectivity index is 1.85. The van der Waals surface area contributed by atoms with Crippen LogP contribution in [0.3, 0.4) is 0 Å². The molecule has 1 saturated carbocycles. The summed E-state index contributed by atoms with van der Waals surface area (Å²) in [5.74, 6) is 0.0613. The number of anilines is 1. The first-order chi connectivity index (χ1) is 10.1. The van der Waals surface area contributed by atoms with E-state index in [0.29, 0.717) is 18.2 Å². The maximum atomic E-state index is 12.8. The van der Waals surface area contributed by atoms with E-state index in [4.69, 9.17) is 5.73 Å². The van der Waals surface area contributed by atoms with E-state index in [0.717, 1.165) is 29.8 Å². The molecule has 3 rings (SSSR count). The van der Waals surface area contributed by atoms with Gasteiger partial charge in [0.15, 0.2) is 0 Å². The first-order valence-corrected chi connectivity index (χ1v) is 7.22. The van der Waals surface area contributed by atoms with E-state index in [1.807, 2.05) is 42.2 Å². The van der Waals surface area contributed by atoms with Crippen LogP contribution in [-0.4, -0.2) is 21.8 Å². The monoisotopic (exact) mass is 281 g/mol. The molecule has 0 radical (unpaired) electrons. The molecule has 1 aromatic heterocycles. The fraction of sp³-hybridized carbons (Fsp3) is 0.294. The first-order valence-electron chi connectivity index (χ1n) is 7.22. The van der Waals surface area contributed by atoms with Gasteiger partial charge in [0.05, 0.1) is 0 Å². The van der Waals surface area contributed by atoms with Gasteiger partial charge in [0.1, 0.15) is 0 Å². The second-order valence-electron chi connectivity index (χ2n) is 5.55. The highest BCUT2D eigenvalue weighted by Crippen LogP contribution is 2.30. The molecule has 0 saturated heterocycles. The number of nitrogens with two attached hydrogens (primary N) is 1. The fourth-order valence-corrected chi connectivity index (χ4v) is 2.46. The maximum Gasteiger partial charge on any atom is 0.254 e. The van der Waals surface area contributed by atoms with Gasteiger partial charge in [-0.05, 0) is 43.5 Å². The van der Waals surface area contributed by atoms with Gasteiger partial charge in [0.2, 0.25) is 0 Å². The van der Waals surface area contributed by atoms with Gasteiger partial charge in [0.25, 0.3) is 5.91 Å². The summed E-state index contributed by atoms with van der Waals surface area (Å²) in [5.41, 5.74) is 9.30. The molecule has 108 valence electrons. The number of hydrogen-bond donors (Lipinski definition) is 1. The quantitative estimate of drug-likeness (QED) is 0.877. The third-order valence-corrected chi connectivity index (χ3v) is 3.79. The highest BCUT2D eigenvalue weighted by molar-refractivity contribution is 5.94. The molecule has 0 atom stereocenters. The summed E-state index contributed by atoms with van der Waals surface area (Å²) in [6, 6.07) is 11.7. The van der Waals surface area contributed by atoms with Gasteiger partial charge in [-0.1, -0.05) is 18.2 Å². The lowest BCUT2D eigenvalue weighted by Crippen LogP contribution is -2.33. The maximum absolute atomic E-state index is 12.8. The minimum atomic E-state index is 0.0613. The average Bonchev–Trinajstić information content (AvgIpc) is 3.30. The van der Waals surface area contributed by atoms with E-state index in [1.54, 1.807) is 12.3 Å². The Morgan fingerprint density at radius 2 is 2.10 bits per heavy atom. The normalized spacial score (nSPS) is 14.0. The molecule has 1 aromatic carbocycles. The van der Waals surface area contributed by atoms with Crippen LogP contribution in [0, 0.1) is 6.92 Å². The molecule has 4 nitrogen and oxygen atoms in total. The summed E-state index contributed by atoms with van der Waals surface area (Å²) in [4.78, 5) is 18.8. The van der Waals surface area contributed by atoms with E-state index < -0.39 is 0 Å². The van der Waals surface area contributed by atoms with Crippen LogP contribution >= 0.6 is 0 Å². The average molecular weight is 281 g/mol. The lowest BCUT2D eigenvalue weighted by molar-refractivity contribution is 0.0730. The number of nitrogens with zero attached hydrogens (tertiary/aromatic N) is 2. The number of hydrogen-bond acceptors (Lipinski definition) is 3. The van der Waals surface area contributed by atoms with Crippen molar-refractivity contribution in [1.29, 1.82) is 0 Å². The summed E-state index contributed by atoms with van der Waals surface area (Å²) in [7, 11) is 0. The lowest BCUT2D eigenvalue weighted by atomic mass is 10.1. The SMILES string of the molecule is Cc1cc(C(=O)N(Cc2ccccc2N)C2CC2)ccn1. The Morgan fingerprint density at radius 3 is 2.76 bits per heavy atom. The molecule has 0 unspecified atom stereocenters. The molecule has 1 aliphatic carbocycles. The zero-order valence-corrected chi connectivity index (χ0v) is 12.1. The summed E-state index contributed by atoms with van der Waals surface area (Å²) in [6.45, 7) is 2.46. The molecule has 4 heteroatoms. The highest BCUT2D eigenvalue weighted by atomic mass is 16.2. The molecule has 21 heavy (non-hydrogen) atoms. The third kappa shape index (κ3) is 3.05. The van der Waals surface area contributed by atoms with Crippen molar-refractivity contribution in [2.45, 2.75) is 32.4 Å². The summed E-state index contributed by atoms with van der Waals surface area (Å²) in [5, 5.41) is 0. The van der Waals surface area contributed by atoms with Crippen LogP contribution in [-0.2, 0) is 6.54 Å². The van der Waals surface area contributed by atoms with Crippen molar-refractivity contribution < 1.29 is 4.79 Å². The zero-order valence-electron chi connectivity index (χ0n) is 12.1. The number of carbonyl (C=O) groups excluding carboxylic acids is 1. The predicted octanol–water partition coefficient (Wildman–Crippen LogP) is 2.78. The third-order valence-electron chi connectivity index (χ3n) is 3.79. The van der Waals surface area contributed by atoms with E-state index in [1.165, 1.54) is 0 Å². The van der Waals surface area contributed by atoms with Crippen molar-refractivity contribution in [3.05, 3.63) is 59.4 Å². The van der Waals surface area contributed by atoms with E-state index in [2.05, 4.69) is 4.98 Å². The Bertz CT molecular complexity index is 665. The van der Waals surface area contributed by atoms with Crippen molar-refractivity contribution in [3.63, 3.8) is 0 Å². The molecule has 1 heterocycles. The van der Waals surface area contributed by atoms with Crippen molar-refractivity contribution in [2.75, 3.05) is 5.73 Å². The van der Waals surface area contributed by atoms with Crippen LogP contribution in [0.25, 0.3) is 0 Å². The number of aromatic nitrogens is 1. The highest BCUT2D eigenvalue weighted by Gasteiger charge is 2.33. The van der Waals surface area contributed by atoms with Crippen molar-refractivity contribution in [2.24, 2.45) is 0 Å². The van der Waals surface area contributed by atoms with E-state index >= 15 is 0 Å². The predicted molar refractivity (Wildman–Crippen MR) is 82.7 cm³/mol. The Labute approximate surface area is 124 Å². The molecule has 0 aliphatic heterocycles. The van der Waals surface area contributed by atoms with Crippen LogP contribution in [0.1, 0.15) is 34.5 Å². The molecule has 0 bridgehead atoms. The van der Waals surface area contributed by atoms with E-state index in [-0.39, 0.29) is 5.91 Å². The second-order valence-corrected chi connectivity index (χ2v) is 5.55. The summed E-state index contributed by atoms with van der Waals surface area (Å²) >= 11 is 0. The van der Waals surface area contributed by atoms with Crippen LogP contribution in [0.4, 0.5) is 5.69 Å². The minimum Gasteiger partial charge on any atom is -0.398 e. The number of nitrogen functional groups attached to an aromatic ring is 1. The minimum absolute atomic E-state index is 0.0613. The Hall–Kier alpha value is -2.36. The number of aryl methyl sites for hydroxylation is 1. The van der Waals surface area contributed by atoms with Gasteiger partial charge in [0, 0.05) is 35.7 Å². The molecule has 1 aliphatic rings.